The Bertz CT molecular complexity index is 700. The highest BCUT2D eigenvalue weighted by atomic mass is 19.1. The summed E-state index contributed by atoms with van der Waals surface area (Å²) >= 11 is 0. The van der Waals surface area contributed by atoms with Crippen molar-refractivity contribution in [2.45, 2.75) is 6.54 Å². The van der Waals surface area contributed by atoms with Crippen molar-refractivity contribution in [3.05, 3.63) is 59.7 Å². The van der Waals surface area contributed by atoms with Gasteiger partial charge in [0.05, 0.1) is 25.1 Å². The van der Waals surface area contributed by atoms with Gasteiger partial charge in [0.15, 0.2) is 0 Å². The Kier molecular flexibility index (Phi) is 6.51. The standard InChI is InChI=1S/C19H23FN4O2/c20-16-3-1-15(2-4-16)13-22-17-5-6-18(23-14-17)19(25)21-7-8-24-9-11-26-12-10-24/h1-6,14,22H,7-13H2,(H,21,25). The highest BCUT2D eigenvalue weighted by Crippen LogP contribution is 2.09. The summed E-state index contributed by atoms with van der Waals surface area (Å²) in [5.41, 5.74) is 2.16. The lowest BCUT2D eigenvalue weighted by molar-refractivity contribution is 0.0383. The summed E-state index contributed by atoms with van der Waals surface area (Å²) < 4.78 is 18.2. The van der Waals surface area contributed by atoms with Crippen LogP contribution in [0.1, 0.15) is 16.1 Å². The number of nitrogens with zero attached hydrogens (tertiary/aromatic N) is 2. The Morgan fingerprint density at radius 1 is 1.15 bits per heavy atom. The zero-order chi connectivity index (χ0) is 18.2. The molecule has 0 bridgehead atoms. The first-order valence-electron chi connectivity index (χ1n) is 8.73. The number of morpholine rings is 1. The summed E-state index contributed by atoms with van der Waals surface area (Å²) in [6.45, 7) is 5.28. The molecule has 1 aromatic carbocycles. The molecule has 1 fully saturated rings. The van der Waals surface area contributed by atoms with Crippen LogP contribution in [-0.2, 0) is 11.3 Å². The van der Waals surface area contributed by atoms with Crippen molar-refractivity contribution < 1.29 is 13.9 Å². The highest BCUT2D eigenvalue weighted by Gasteiger charge is 2.11. The van der Waals surface area contributed by atoms with Crippen LogP contribution >= 0.6 is 0 Å². The van der Waals surface area contributed by atoms with Gasteiger partial charge in [-0.15, -0.1) is 0 Å². The number of rotatable bonds is 7. The normalized spacial score (nSPS) is 14.8. The maximum Gasteiger partial charge on any atom is 0.269 e. The van der Waals surface area contributed by atoms with Crippen LogP contribution in [-0.4, -0.2) is 55.2 Å². The molecule has 1 amide bonds. The summed E-state index contributed by atoms with van der Waals surface area (Å²) in [6, 6.07) is 9.82. The Morgan fingerprint density at radius 2 is 1.92 bits per heavy atom. The lowest BCUT2D eigenvalue weighted by Gasteiger charge is -2.26. The van der Waals surface area contributed by atoms with Crippen molar-refractivity contribution in [1.82, 2.24) is 15.2 Å². The summed E-state index contributed by atoms with van der Waals surface area (Å²) in [4.78, 5) is 18.6. The zero-order valence-electron chi connectivity index (χ0n) is 14.6. The summed E-state index contributed by atoms with van der Waals surface area (Å²) in [5, 5.41) is 6.09. The molecule has 0 radical (unpaired) electrons. The molecule has 2 heterocycles. The van der Waals surface area contributed by atoms with Gasteiger partial charge in [0.2, 0.25) is 0 Å². The fraction of sp³-hybridized carbons (Fsp3) is 0.368. The van der Waals surface area contributed by atoms with E-state index in [2.05, 4.69) is 20.5 Å². The number of hydrogen-bond donors (Lipinski definition) is 2. The summed E-state index contributed by atoms with van der Waals surface area (Å²) in [7, 11) is 0. The second kappa shape index (κ2) is 9.26. The second-order valence-electron chi connectivity index (χ2n) is 6.12. The Hall–Kier alpha value is -2.51. The number of nitrogens with one attached hydrogen (secondary N) is 2. The molecule has 26 heavy (non-hydrogen) atoms. The van der Waals surface area contributed by atoms with Gasteiger partial charge in [-0.1, -0.05) is 12.1 Å². The Labute approximate surface area is 152 Å². The van der Waals surface area contributed by atoms with E-state index in [0.717, 1.165) is 44.1 Å². The van der Waals surface area contributed by atoms with E-state index in [9.17, 15) is 9.18 Å². The molecule has 0 spiro atoms. The van der Waals surface area contributed by atoms with Gasteiger partial charge in [0.1, 0.15) is 11.5 Å². The van der Waals surface area contributed by atoms with Gasteiger partial charge in [-0.3, -0.25) is 9.69 Å². The highest BCUT2D eigenvalue weighted by molar-refractivity contribution is 5.92. The molecule has 3 rings (SSSR count). The number of halogens is 1. The Balaban J connectivity index is 1.42. The van der Waals surface area contributed by atoms with E-state index in [-0.39, 0.29) is 11.7 Å². The van der Waals surface area contributed by atoms with Gasteiger partial charge >= 0.3 is 0 Å². The van der Waals surface area contributed by atoms with Crippen molar-refractivity contribution in [3.63, 3.8) is 0 Å². The molecule has 1 aliphatic rings. The van der Waals surface area contributed by atoms with E-state index in [1.54, 1.807) is 24.4 Å². The van der Waals surface area contributed by atoms with Crippen LogP contribution in [0.2, 0.25) is 0 Å². The van der Waals surface area contributed by atoms with Crippen LogP contribution in [0.4, 0.5) is 10.1 Å². The molecule has 0 unspecified atom stereocenters. The minimum atomic E-state index is -0.251. The number of aromatic nitrogens is 1. The number of ether oxygens (including phenoxy) is 1. The molecule has 0 saturated carbocycles. The van der Waals surface area contributed by atoms with E-state index < -0.39 is 0 Å². The van der Waals surface area contributed by atoms with Crippen molar-refractivity contribution in [2.75, 3.05) is 44.7 Å². The zero-order valence-corrected chi connectivity index (χ0v) is 14.6. The van der Waals surface area contributed by atoms with Crippen LogP contribution in [0, 0.1) is 5.82 Å². The quantitative estimate of drug-likeness (QED) is 0.791. The number of pyridine rings is 1. The lowest BCUT2D eigenvalue weighted by Crippen LogP contribution is -2.41. The van der Waals surface area contributed by atoms with Crippen molar-refractivity contribution in [1.29, 1.82) is 0 Å². The second-order valence-corrected chi connectivity index (χ2v) is 6.12. The van der Waals surface area contributed by atoms with E-state index in [0.29, 0.717) is 18.8 Å². The maximum absolute atomic E-state index is 12.9. The predicted molar refractivity (Wildman–Crippen MR) is 97.6 cm³/mol. The smallest absolute Gasteiger partial charge is 0.269 e. The topological polar surface area (TPSA) is 66.5 Å². The molecule has 1 aromatic heterocycles. The molecular formula is C19H23FN4O2. The van der Waals surface area contributed by atoms with Crippen LogP contribution in [0.15, 0.2) is 42.6 Å². The van der Waals surface area contributed by atoms with E-state index in [1.165, 1.54) is 12.1 Å². The van der Waals surface area contributed by atoms with Crippen LogP contribution < -0.4 is 10.6 Å². The number of hydrogen-bond acceptors (Lipinski definition) is 5. The van der Waals surface area contributed by atoms with E-state index in [1.807, 2.05) is 6.07 Å². The third kappa shape index (κ3) is 5.50. The first kappa shape index (κ1) is 18.3. The van der Waals surface area contributed by atoms with Crippen LogP contribution in [0.25, 0.3) is 0 Å². The molecule has 2 aromatic rings. The third-order valence-corrected chi connectivity index (χ3v) is 4.22. The molecule has 0 aliphatic carbocycles. The first-order chi connectivity index (χ1) is 12.7. The van der Waals surface area contributed by atoms with Crippen molar-refractivity contribution in [2.24, 2.45) is 0 Å². The summed E-state index contributed by atoms with van der Waals surface area (Å²) in [6.07, 6.45) is 1.63. The number of carbonyl (C=O) groups is 1. The molecule has 6 nitrogen and oxygen atoms in total. The minimum Gasteiger partial charge on any atom is -0.380 e. The van der Waals surface area contributed by atoms with E-state index >= 15 is 0 Å². The predicted octanol–water partition coefficient (Wildman–Crippen LogP) is 1.89. The van der Waals surface area contributed by atoms with E-state index in [4.69, 9.17) is 4.74 Å². The number of carbonyl (C=O) groups excluding carboxylic acids is 1. The minimum absolute atomic E-state index is 0.177. The number of amides is 1. The first-order valence-corrected chi connectivity index (χ1v) is 8.73. The lowest BCUT2D eigenvalue weighted by atomic mass is 10.2. The average molecular weight is 358 g/mol. The van der Waals surface area contributed by atoms with Gasteiger partial charge in [-0.2, -0.15) is 0 Å². The third-order valence-electron chi connectivity index (χ3n) is 4.22. The largest absolute Gasteiger partial charge is 0.380 e. The molecule has 1 aliphatic heterocycles. The summed E-state index contributed by atoms with van der Waals surface area (Å²) in [5.74, 6) is -0.428. The van der Waals surface area contributed by atoms with Crippen molar-refractivity contribution >= 4 is 11.6 Å². The number of benzene rings is 1. The fourth-order valence-electron chi connectivity index (χ4n) is 2.68. The monoisotopic (exact) mass is 358 g/mol. The average Bonchev–Trinajstić information content (AvgIpc) is 2.69. The van der Waals surface area contributed by atoms with Gasteiger partial charge in [0.25, 0.3) is 5.91 Å². The van der Waals surface area contributed by atoms with Gasteiger partial charge in [-0.25, -0.2) is 9.37 Å². The van der Waals surface area contributed by atoms with Crippen LogP contribution in [0.3, 0.4) is 0 Å². The fourth-order valence-corrected chi connectivity index (χ4v) is 2.68. The molecular weight excluding hydrogens is 335 g/mol. The van der Waals surface area contributed by atoms with Crippen molar-refractivity contribution in [3.8, 4) is 0 Å². The SMILES string of the molecule is O=C(NCCN1CCOCC1)c1ccc(NCc2ccc(F)cc2)cn1. The molecule has 2 N–H and O–H groups in total. The number of anilines is 1. The molecule has 7 heteroatoms. The Morgan fingerprint density at radius 3 is 2.62 bits per heavy atom. The molecule has 138 valence electrons. The molecule has 0 atom stereocenters. The van der Waals surface area contributed by atoms with Gasteiger partial charge < -0.3 is 15.4 Å². The van der Waals surface area contributed by atoms with Crippen LogP contribution in [0.5, 0.6) is 0 Å². The maximum atomic E-state index is 12.9. The molecule has 1 saturated heterocycles. The van der Waals surface area contributed by atoms with Gasteiger partial charge in [-0.05, 0) is 29.8 Å². The van der Waals surface area contributed by atoms with Gasteiger partial charge in [0, 0.05) is 32.7 Å².